The van der Waals surface area contributed by atoms with Gasteiger partial charge in [0.2, 0.25) is 5.95 Å². The SMILES string of the molecule is O=C(CCCSc1nnc(N2CCOCC2)n1-c1ccccc1)c1ccc(Br)cc1. The molecule has 0 amide bonds. The molecule has 1 saturated heterocycles. The number of hydrogen-bond acceptors (Lipinski definition) is 6. The van der Waals surface area contributed by atoms with Gasteiger partial charge in [0.15, 0.2) is 10.9 Å². The number of anilines is 1. The van der Waals surface area contributed by atoms with Gasteiger partial charge in [0.05, 0.1) is 18.9 Å². The number of morpholine rings is 1. The molecule has 0 atom stereocenters. The number of nitrogens with zero attached hydrogens (tertiary/aromatic N) is 4. The van der Waals surface area contributed by atoms with E-state index in [4.69, 9.17) is 4.74 Å². The van der Waals surface area contributed by atoms with Gasteiger partial charge in [-0.25, -0.2) is 0 Å². The molecule has 3 aromatic rings. The molecule has 30 heavy (non-hydrogen) atoms. The Balaban J connectivity index is 1.43. The zero-order chi connectivity index (χ0) is 20.8. The van der Waals surface area contributed by atoms with Crippen molar-refractivity contribution < 1.29 is 9.53 Å². The molecular formula is C22H23BrN4O2S. The summed E-state index contributed by atoms with van der Waals surface area (Å²) in [7, 11) is 0. The van der Waals surface area contributed by atoms with Crippen LogP contribution >= 0.6 is 27.7 Å². The maximum absolute atomic E-state index is 12.4. The van der Waals surface area contributed by atoms with E-state index < -0.39 is 0 Å². The van der Waals surface area contributed by atoms with E-state index in [0.717, 1.165) is 52.1 Å². The fraction of sp³-hybridized carbons (Fsp3) is 0.318. The Morgan fingerprint density at radius 1 is 1.03 bits per heavy atom. The number of aromatic nitrogens is 3. The quantitative estimate of drug-likeness (QED) is 0.263. The second kappa shape index (κ2) is 10.2. The molecule has 0 bridgehead atoms. The summed E-state index contributed by atoms with van der Waals surface area (Å²) in [6.07, 6.45) is 1.30. The van der Waals surface area contributed by atoms with Crippen LogP contribution in [0.25, 0.3) is 5.69 Å². The molecule has 2 heterocycles. The number of carbonyl (C=O) groups is 1. The van der Waals surface area contributed by atoms with Gasteiger partial charge in [-0.15, -0.1) is 10.2 Å². The summed E-state index contributed by atoms with van der Waals surface area (Å²) in [5.74, 6) is 1.82. The van der Waals surface area contributed by atoms with Crippen LogP contribution in [0, 0.1) is 0 Å². The molecule has 6 nitrogen and oxygen atoms in total. The van der Waals surface area contributed by atoms with E-state index in [2.05, 4.69) is 47.7 Å². The first-order chi connectivity index (χ1) is 14.7. The van der Waals surface area contributed by atoms with Gasteiger partial charge in [-0.3, -0.25) is 9.36 Å². The Bertz CT molecular complexity index is 973. The molecule has 1 aromatic heterocycles. The fourth-order valence-corrected chi connectivity index (χ4v) is 4.45. The van der Waals surface area contributed by atoms with Gasteiger partial charge in [0.1, 0.15) is 0 Å². The van der Waals surface area contributed by atoms with Crippen LogP contribution in [0.5, 0.6) is 0 Å². The molecule has 1 aliphatic heterocycles. The smallest absolute Gasteiger partial charge is 0.232 e. The number of hydrogen-bond donors (Lipinski definition) is 0. The summed E-state index contributed by atoms with van der Waals surface area (Å²) in [6.45, 7) is 3.00. The lowest BCUT2D eigenvalue weighted by molar-refractivity contribution is 0.0982. The number of thioether (sulfide) groups is 1. The second-order valence-electron chi connectivity index (χ2n) is 6.94. The Morgan fingerprint density at radius 3 is 2.50 bits per heavy atom. The van der Waals surface area contributed by atoms with Crippen molar-refractivity contribution in [3.05, 3.63) is 64.6 Å². The van der Waals surface area contributed by atoms with Crippen LogP contribution in [0.4, 0.5) is 5.95 Å². The summed E-state index contributed by atoms with van der Waals surface area (Å²) in [6, 6.07) is 17.7. The number of Topliss-reactive ketones (excluding diaryl/α,β-unsaturated/α-hetero) is 1. The van der Waals surface area contributed by atoms with Crippen LogP contribution < -0.4 is 4.90 Å². The van der Waals surface area contributed by atoms with Crippen molar-refractivity contribution in [2.24, 2.45) is 0 Å². The van der Waals surface area contributed by atoms with E-state index in [0.29, 0.717) is 19.6 Å². The number of rotatable bonds is 8. The van der Waals surface area contributed by atoms with Gasteiger partial charge in [-0.05, 0) is 30.7 Å². The molecular weight excluding hydrogens is 464 g/mol. The van der Waals surface area contributed by atoms with Crippen LogP contribution in [0.1, 0.15) is 23.2 Å². The van der Waals surface area contributed by atoms with Crippen molar-refractivity contribution in [2.45, 2.75) is 18.0 Å². The van der Waals surface area contributed by atoms with Crippen LogP contribution in [-0.2, 0) is 4.74 Å². The van der Waals surface area contributed by atoms with E-state index in [-0.39, 0.29) is 5.78 Å². The largest absolute Gasteiger partial charge is 0.378 e. The minimum atomic E-state index is 0.168. The molecule has 156 valence electrons. The number of ether oxygens (including phenoxy) is 1. The van der Waals surface area contributed by atoms with Crippen LogP contribution in [-0.4, -0.2) is 52.6 Å². The molecule has 8 heteroatoms. The molecule has 0 N–H and O–H groups in total. The molecule has 0 spiro atoms. The Labute approximate surface area is 188 Å². The third-order valence-electron chi connectivity index (χ3n) is 4.87. The highest BCUT2D eigenvalue weighted by molar-refractivity contribution is 9.10. The van der Waals surface area contributed by atoms with Crippen molar-refractivity contribution in [1.29, 1.82) is 0 Å². The summed E-state index contributed by atoms with van der Waals surface area (Å²) < 4.78 is 8.56. The minimum absolute atomic E-state index is 0.168. The second-order valence-corrected chi connectivity index (χ2v) is 8.91. The van der Waals surface area contributed by atoms with E-state index >= 15 is 0 Å². The number of ketones is 1. The van der Waals surface area contributed by atoms with Crippen LogP contribution in [0.15, 0.2) is 64.2 Å². The Kier molecular flexibility index (Phi) is 7.20. The topological polar surface area (TPSA) is 60.3 Å². The Morgan fingerprint density at radius 2 is 1.77 bits per heavy atom. The van der Waals surface area contributed by atoms with E-state index in [1.165, 1.54) is 0 Å². The van der Waals surface area contributed by atoms with Crippen molar-refractivity contribution in [2.75, 3.05) is 37.0 Å². The Hall–Kier alpha value is -2.16. The third kappa shape index (κ3) is 5.11. The molecule has 1 fully saturated rings. The lowest BCUT2D eigenvalue weighted by Crippen LogP contribution is -2.37. The number of carbonyl (C=O) groups excluding carboxylic acids is 1. The lowest BCUT2D eigenvalue weighted by atomic mass is 10.1. The van der Waals surface area contributed by atoms with E-state index in [1.807, 2.05) is 42.5 Å². The van der Waals surface area contributed by atoms with Gasteiger partial charge < -0.3 is 9.64 Å². The maximum atomic E-state index is 12.4. The van der Waals surface area contributed by atoms with Crippen molar-refractivity contribution in [3.8, 4) is 5.69 Å². The van der Waals surface area contributed by atoms with Crippen molar-refractivity contribution in [1.82, 2.24) is 14.8 Å². The number of para-hydroxylation sites is 1. The summed E-state index contributed by atoms with van der Waals surface area (Å²) >= 11 is 5.04. The summed E-state index contributed by atoms with van der Waals surface area (Å²) in [5, 5.41) is 9.78. The van der Waals surface area contributed by atoms with E-state index in [9.17, 15) is 4.79 Å². The van der Waals surface area contributed by atoms with Crippen LogP contribution in [0.3, 0.4) is 0 Å². The zero-order valence-corrected chi connectivity index (χ0v) is 18.9. The normalized spacial score (nSPS) is 14.1. The maximum Gasteiger partial charge on any atom is 0.232 e. The first kappa shape index (κ1) is 21.1. The predicted molar refractivity (Wildman–Crippen MR) is 123 cm³/mol. The van der Waals surface area contributed by atoms with Crippen molar-refractivity contribution in [3.63, 3.8) is 0 Å². The molecule has 0 saturated carbocycles. The van der Waals surface area contributed by atoms with Gasteiger partial charge in [0, 0.05) is 35.3 Å². The summed E-state index contributed by atoms with van der Waals surface area (Å²) in [5.41, 5.74) is 1.79. The highest BCUT2D eigenvalue weighted by Gasteiger charge is 2.21. The van der Waals surface area contributed by atoms with Gasteiger partial charge in [-0.2, -0.15) is 0 Å². The molecule has 0 unspecified atom stereocenters. The van der Waals surface area contributed by atoms with Gasteiger partial charge in [-0.1, -0.05) is 58.0 Å². The highest BCUT2D eigenvalue weighted by atomic mass is 79.9. The number of halogens is 1. The predicted octanol–water partition coefficient (Wildman–Crippen LogP) is 4.62. The molecule has 2 aromatic carbocycles. The highest BCUT2D eigenvalue weighted by Crippen LogP contribution is 2.28. The fourth-order valence-electron chi connectivity index (χ4n) is 3.30. The molecule has 1 aliphatic rings. The third-order valence-corrected chi connectivity index (χ3v) is 6.41. The molecule has 0 aliphatic carbocycles. The summed E-state index contributed by atoms with van der Waals surface area (Å²) in [4.78, 5) is 14.6. The molecule has 0 radical (unpaired) electrons. The average Bonchev–Trinajstić information content (AvgIpc) is 3.22. The number of benzene rings is 2. The van der Waals surface area contributed by atoms with E-state index in [1.54, 1.807) is 11.8 Å². The monoisotopic (exact) mass is 486 g/mol. The zero-order valence-electron chi connectivity index (χ0n) is 16.5. The molecule has 4 rings (SSSR count). The minimum Gasteiger partial charge on any atom is -0.378 e. The first-order valence-electron chi connectivity index (χ1n) is 9.97. The first-order valence-corrected chi connectivity index (χ1v) is 11.8. The van der Waals surface area contributed by atoms with Crippen molar-refractivity contribution >= 4 is 39.4 Å². The van der Waals surface area contributed by atoms with Gasteiger partial charge >= 0.3 is 0 Å². The average molecular weight is 487 g/mol. The lowest BCUT2D eigenvalue weighted by Gasteiger charge is -2.27. The van der Waals surface area contributed by atoms with Gasteiger partial charge in [0.25, 0.3) is 0 Å². The standard InChI is InChI=1S/C22H23BrN4O2S/c23-18-10-8-17(9-11-18)20(28)7-4-16-30-22-25-24-21(26-12-14-29-15-13-26)27(22)19-5-2-1-3-6-19/h1-3,5-6,8-11H,4,7,12-16H2. The van der Waals surface area contributed by atoms with Crippen LogP contribution in [0.2, 0.25) is 0 Å².